The Labute approximate surface area is 168 Å². The van der Waals surface area contributed by atoms with Crippen molar-refractivity contribution in [3.05, 3.63) is 65.0 Å². The summed E-state index contributed by atoms with van der Waals surface area (Å²) in [5, 5.41) is 6.80. The zero-order valence-electron chi connectivity index (χ0n) is 15.5. The summed E-state index contributed by atoms with van der Waals surface area (Å²) >= 11 is 0. The number of rotatable bonds is 6. The Bertz CT molecular complexity index is 685. The van der Waals surface area contributed by atoms with Gasteiger partial charge in [-0.2, -0.15) is 0 Å². The van der Waals surface area contributed by atoms with Crippen molar-refractivity contribution in [2.75, 3.05) is 20.1 Å². The van der Waals surface area contributed by atoms with E-state index in [0.29, 0.717) is 5.92 Å². The number of halogens is 1. The Morgan fingerprint density at radius 3 is 2.68 bits per heavy atom. The fourth-order valence-electron chi connectivity index (χ4n) is 2.66. The van der Waals surface area contributed by atoms with Gasteiger partial charge in [0, 0.05) is 32.5 Å². The third-order valence-electron chi connectivity index (χ3n) is 4.23. The fourth-order valence-corrected chi connectivity index (χ4v) is 2.66. The first kappa shape index (κ1) is 21.4. The Morgan fingerprint density at radius 2 is 2.00 bits per heavy atom. The fraction of sp³-hybridized carbons (Fsp3) is 0.400. The van der Waals surface area contributed by atoms with Gasteiger partial charge in [0.15, 0.2) is 5.96 Å². The minimum Gasteiger partial charge on any atom is -0.356 e. The van der Waals surface area contributed by atoms with E-state index in [-0.39, 0.29) is 24.0 Å². The molecular weight excluding hydrogens is 423 g/mol. The third-order valence-corrected chi connectivity index (χ3v) is 4.23. The van der Waals surface area contributed by atoms with Gasteiger partial charge in [-0.15, -0.1) is 24.0 Å². The largest absolute Gasteiger partial charge is 0.356 e. The van der Waals surface area contributed by atoms with Gasteiger partial charge in [0.2, 0.25) is 0 Å². The van der Waals surface area contributed by atoms with E-state index < -0.39 is 0 Å². The minimum atomic E-state index is 0. The van der Waals surface area contributed by atoms with Crippen LogP contribution in [0, 0.1) is 13.8 Å². The van der Waals surface area contributed by atoms with E-state index in [9.17, 15) is 0 Å². The molecule has 25 heavy (non-hydrogen) atoms. The van der Waals surface area contributed by atoms with Crippen LogP contribution >= 0.6 is 24.0 Å². The standard InChI is InChI=1S/C20H28N4.HI/c1-15-6-5-7-19(12-15)17(3)14-24-20(21-4)23-11-9-18-8-10-22-13-16(18)2;/h5-8,10,12-13,17H,9,11,14H2,1-4H3,(H2,21,23,24);1H. The van der Waals surface area contributed by atoms with Crippen molar-refractivity contribution >= 4 is 29.9 Å². The maximum Gasteiger partial charge on any atom is 0.191 e. The van der Waals surface area contributed by atoms with E-state index in [2.05, 4.69) is 71.7 Å². The van der Waals surface area contributed by atoms with Crippen LogP contribution in [0.4, 0.5) is 0 Å². The number of pyridine rings is 1. The molecule has 0 aliphatic carbocycles. The van der Waals surface area contributed by atoms with Gasteiger partial charge in [-0.25, -0.2) is 0 Å². The average Bonchev–Trinajstić information content (AvgIpc) is 2.59. The van der Waals surface area contributed by atoms with E-state index in [0.717, 1.165) is 25.5 Å². The molecule has 5 heteroatoms. The quantitative estimate of drug-likeness (QED) is 0.398. The molecule has 2 N–H and O–H groups in total. The number of guanidine groups is 1. The molecule has 0 saturated carbocycles. The Balaban J connectivity index is 0.00000312. The third kappa shape index (κ3) is 7.02. The van der Waals surface area contributed by atoms with Crippen LogP contribution in [0.5, 0.6) is 0 Å². The second kappa shape index (κ2) is 11.1. The van der Waals surface area contributed by atoms with Gasteiger partial charge in [0.1, 0.15) is 0 Å². The minimum absolute atomic E-state index is 0. The second-order valence-electron chi connectivity index (χ2n) is 6.25. The topological polar surface area (TPSA) is 49.3 Å². The maximum atomic E-state index is 4.31. The number of aryl methyl sites for hydroxylation is 2. The first-order valence-electron chi connectivity index (χ1n) is 8.50. The highest BCUT2D eigenvalue weighted by Crippen LogP contribution is 2.15. The molecule has 0 aliphatic heterocycles. The molecule has 2 rings (SSSR count). The van der Waals surface area contributed by atoms with Crippen molar-refractivity contribution < 1.29 is 0 Å². The van der Waals surface area contributed by atoms with E-state index in [1.165, 1.54) is 22.3 Å². The van der Waals surface area contributed by atoms with Gasteiger partial charge >= 0.3 is 0 Å². The van der Waals surface area contributed by atoms with Crippen molar-refractivity contribution in [2.24, 2.45) is 4.99 Å². The van der Waals surface area contributed by atoms with Crippen molar-refractivity contribution in [1.29, 1.82) is 0 Å². The summed E-state index contributed by atoms with van der Waals surface area (Å²) in [6.45, 7) is 8.17. The second-order valence-corrected chi connectivity index (χ2v) is 6.25. The van der Waals surface area contributed by atoms with Crippen LogP contribution < -0.4 is 10.6 Å². The van der Waals surface area contributed by atoms with Crippen molar-refractivity contribution in [2.45, 2.75) is 33.1 Å². The molecule has 0 saturated heterocycles. The van der Waals surface area contributed by atoms with Crippen LogP contribution in [0.1, 0.15) is 35.1 Å². The molecule has 0 amide bonds. The van der Waals surface area contributed by atoms with Crippen LogP contribution in [0.15, 0.2) is 47.7 Å². The zero-order valence-corrected chi connectivity index (χ0v) is 17.9. The van der Waals surface area contributed by atoms with E-state index >= 15 is 0 Å². The highest BCUT2D eigenvalue weighted by molar-refractivity contribution is 14.0. The predicted molar refractivity (Wildman–Crippen MR) is 117 cm³/mol. The molecule has 0 spiro atoms. The molecule has 0 aliphatic rings. The Morgan fingerprint density at radius 1 is 1.20 bits per heavy atom. The lowest BCUT2D eigenvalue weighted by Crippen LogP contribution is -2.40. The number of nitrogens with one attached hydrogen (secondary N) is 2. The van der Waals surface area contributed by atoms with E-state index in [1.807, 2.05) is 19.4 Å². The number of hydrogen-bond acceptors (Lipinski definition) is 2. The molecule has 1 aromatic carbocycles. The molecule has 1 unspecified atom stereocenters. The number of aliphatic imine (C=N–C) groups is 1. The van der Waals surface area contributed by atoms with Gasteiger partial charge in [0.05, 0.1) is 0 Å². The van der Waals surface area contributed by atoms with Crippen molar-refractivity contribution in [3.63, 3.8) is 0 Å². The zero-order chi connectivity index (χ0) is 17.4. The Hall–Kier alpha value is -1.63. The number of nitrogens with zero attached hydrogens (tertiary/aromatic N) is 2. The van der Waals surface area contributed by atoms with Crippen LogP contribution in [0.2, 0.25) is 0 Å². The van der Waals surface area contributed by atoms with Crippen LogP contribution in [-0.2, 0) is 6.42 Å². The smallest absolute Gasteiger partial charge is 0.191 e. The maximum absolute atomic E-state index is 4.31. The molecule has 1 aromatic heterocycles. The van der Waals surface area contributed by atoms with E-state index in [1.54, 1.807) is 0 Å². The monoisotopic (exact) mass is 452 g/mol. The summed E-state index contributed by atoms with van der Waals surface area (Å²) in [4.78, 5) is 8.44. The molecule has 1 atom stereocenters. The summed E-state index contributed by atoms with van der Waals surface area (Å²) in [5.41, 5.74) is 5.20. The average molecular weight is 452 g/mol. The summed E-state index contributed by atoms with van der Waals surface area (Å²) < 4.78 is 0. The van der Waals surface area contributed by atoms with Crippen LogP contribution in [0.3, 0.4) is 0 Å². The number of hydrogen-bond donors (Lipinski definition) is 2. The van der Waals surface area contributed by atoms with Gasteiger partial charge in [-0.1, -0.05) is 36.8 Å². The molecule has 0 radical (unpaired) electrons. The van der Waals surface area contributed by atoms with Crippen molar-refractivity contribution in [1.82, 2.24) is 15.6 Å². The first-order valence-corrected chi connectivity index (χ1v) is 8.50. The molecule has 1 heterocycles. The molecule has 0 bridgehead atoms. The molecule has 4 nitrogen and oxygen atoms in total. The summed E-state index contributed by atoms with van der Waals surface area (Å²) in [7, 11) is 1.81. The summed E-state index contributed by atoms with van der Waals surface area (Å²) in [6.07, 6.45) is 4.72. The van der Waals surface area contributed by atoms with Gasteiger partial charge in [-0.05, 0) is 48.9 Å². The normalized spacial score (nSPS) is 12.2. The number of aromatic nitrogens is 1. The van der Waals surface area contributed by atoms with Gasteiger partial charge in [0.25, 0.3) is 0 Å². The molecule has 136 valence electrons. The highest BCUT2D eigenvalue weighted by atomic mass is 127. The SMILES string of the molecule is CN=C(NCCc1ccncc1C)NCC(C)c1cccc(C)c1.I. The first-order chi connectivity index (χ1) is 11.6. The highest BCUT2D eigenvalue weighted by Gasteiger charge is 2.07. The van der Waals surface area contributed by atoms with Gasteiger partial charge in [-0.3, -0.25) is 9.98 Å². The lowest BCUT2D eigenvalue weighted by atomic mass is 9.99. The van der Waals surface area contributed by atoms with Crippen LogP contribution in [0.25, 0.3) is 0 Å². The van der Waals surface area contributed by atoms with E-state index in [4.69, 9.17) is 0 Å². The molecular formula is C20H29IN4. The lowest BCUT2D eigenvalue weighted by molar-refractivity contribution is 0.697. The summed E-state index contributed by atoms with van der Waals surface area (Å²) in [5.74, 6) is 1.28. The molecule has 0 fully saturated rings. The number of benzene rings is 1. The Kier molecular flexibility index (Phi) is 9.49. The predicted octanol–water partition coefficient (Wildman–Crippen LogP) is 3.83. The molecule has 2 aromatic rings. The summed E-state index contributed by atoms with van der Waals surface area (Å²) in [6, 6.07) is 10.8. The lowest BCUT2D eigenvalue weighted by Gasteiger charge is -2.17. The van der Waals surface area contributed by atoms with Gasteiger partial charge < -0.3 is 10.6 Å². The van der Waals surface area contributed by atoms with Crippen molar-refractivity contribution in [3.8, 4) is 0 Å². The van der Waals surface area contributed by atoms with Crippen LogP contribution in [-0.4, -0.2) is 31.1 Å².